The van der Waals surface area contributed by atoms with Gasteiger partial charge in [0.1, 0.15) is 11.3 Å². The van der Waals surface area contributed by atoms with Crippen LogP contribution in [0.5, 0.6) is 5.75 Å². The first-order chi connectivity index (χ1) is 9.82. The van der Waals surface area contributed by atoms with Crippen molar-refractivity contribution in [3.8, 4) is 5.75 Å². The molecule has 1 atom stereocenters. The number of ether oxygens (including phenoxy) is 1. The van der Waals surface area contributed by atoms with Crippen LogP contribution in [-0.2, 0) is 14.8 Å². The number of carbonyl (C=O) groups is 1. The van der Waals surface area contributed by atoms with E-state index in [2.05, 4.69) is 0 Å². The highest BCUT2D eigenvalue weighted by molar-refractivity contribution is 7.89. The van der Waals surface area contributed by atoms with Gasteiger partial charge in [-0.25, -0.2) is 8.42 Å². The molecule has 1 aliphatic rings. The molecule has 7 heteroatoms. The molecule has 0 aromatic heterocycles. The molecule has 1 aliphatic heterocycles. The van der Waals surface area contributed by atoms with Crippen LogP contribution in [0.25, 0.3) is 0 Å². The number of sulfonamides is 1. The molecule has 0 saturated carbocycles. The molecule has 1 N–H and O–H groups in total. The van der Waals surface area contributed by atoms with E-state index in [4.69, 9.17) is 4.74 Å². The Morgan fingerprint density at radius 3 is 2.43 bits per heavy atom. The van der Waals surface area contributed by atoms with Crippen LogP contribution in [0.2, 0.25) is 0 Å². The van der Waals surface area contributed by atoms with Crippen molar-refractivity contribution >= 4 is 16.0 Å². The molecule has 2 rings (SSSR count). The minimum Gasteiger partial charge on any atom is -0.497 e. The molecule has 1 fully saturated rings. The lowest BCUT2D eigenvalue weighted by molar-refractivity contribution is -0.149. The maximum atomic E-state index is 12.7. The second-order valence-corrected chi connectivity index (χ2v) is 7.15. The third-order valence-electron chi connectivity index (χ3n) is 3.93. The second kappa shape index (κ2) is 5.65. The number of carboxylic acid groups (broad SMARTS) is 1. The molecule has 0 radical (unpaired) electrons. The van der Waals surface area contributed by atoms with Crippen molar-refractivity contribution in [3.63, 3.8) is 0 Å². The van der Waals surface area contributed by atoms with Crippen LogP contribution in [0.3, 0.4) is 0 Å². The first-order valence-corrected chi connectivity index (χ1v) is 8.16. The zero-order valence-electron chi connectivity index (χ0n) is 12.1. The standard InChI is InChI=1S/C14H19NO5S/c1-14(13(16)17)9-3-4-10-15(14)21(18,19)12-7-5-11(20-2)6-8-12/h5-8H,3-4,9-10H2,1-2H3,(H,16,17). The smallest absolute Gasteiger partial charge is 0.324 e. The minimum absolute atomic E-state index is 0.0812. The Balaban J connectivity index is 2.42. The maximum Gasteiger partial charge on any atom is 0.324 e. The zero-order valence-corrected chi connectivity index (χ0v) is 12.9. The molecule has 0 aliphatic carbocycles. The summed E-state index contributed by atoms with van der Waals surface area (Å²) in [6.45, 7) is 1.69. The van der Waals surface area contributed by atoms with Gasteiger partial charge in [0.25, 0.3) is 0 Å². The summed E-state index contributed by atoms with van der Waals surface area (Å²) in [6, 6.07) is 5.97. The molecular weight excluding hydrogens is 294 g/mol. The fraction of sp³-hybridized carbons (Fsp3) is 0.500. The van der Waals surface area contributed by atoms with E-state index in [0.29, 0.717) is 25.0 Å². The van der Waals surface area contributed by atoms with Crippen LogP contribution in [0.15, 0.2) is 29.2 Å². The highest BCUT2D eigenvalue weighted by atomic mass is 32.2. The predicted octanol–water partition coefficient (Wildman–Crippen LogP) is 1.71. The number of nitrogens with zero attached hydrogens (tertiary/aromatic N) is 1. The van der Waals surface area contributed by atoms with Gasteiger partial charge in [-0.1, -0.05) is 0 Å². The summed E-state index contributed by atoms with van der Waals surface area (Å²) in [6.07, 6.45) is 1.69. The van der Waals surface area contributed by atoms with Crippen molar-refractivity contribution in [2.45, 2.75) is 36.6 Å². The van der Waals surface area contributed by atoms with Crippen molar-refractivity contribution in [1.29, 1.82) is 0 Å². The van der Waals surface area contributed by atoms with Gasteiger partial charge in [0, 0.05) is 6.54 Å². The lowest BCUT2D eigenvalue weighted by Gasteiger charge is -2.40. The Morgan fingerprint density at radius 1 is 1.29 bits per heavy atom. The molecule has 1 unspecified atom stereocenters. The Bertz CT molecular complexity index is 625. The molecule has 1 heterocycles. The minimum atomic E-state index is -3.84. The molecule has 116 valence electrons. The molecule has 1 aromatic carbocycles. The summed E-state index contributed by atoms with van der Waals surface area (Å²) >= 11 is 0. The van der Waals surface area contributed by atoms with Crippen molar-refractivity contribution in [2.75, 3.05) is 13.7 Å². The molecule has 1 aromatic rings. The van der Waals surface area contributed by atoms with Gasteiger partial charge in [-0.05, 0) is 50.5 Å². The summed E-state index contributed by atoms with van der Waals surface area (Å²) in [5.74, 6) is -0.562. The van der Waals surface area contributed by atoms with E-state index in [9.17, 15) is 18.3 Å². The Labute approximate surface area is 124 Å². The second-order valence-electron chi connectivity index (χ2n) is 5.29. The normalized spacial score (nSPS) is 23.7. The number of rotatable bonds is 4. The number of benzene rings is 1. The number of hydrogen-bond donors (Lipinski definition) is 1. The van der Waals surface area contributed by atoms with Crippen LogP contribution >= 0.6 is 0 Å². The number of aliphatic carboxylic acids is 1. The summed E-state index contributed by atoms with van der Waals surface area (Å²) < 4.78 is 31.6. The first kappa shape index (κ1) is 15.8. The lowest BCUT2D eigenvalue weighted by atomic mass is 9.91. The van der Waals surface area contributed by atoms with Crippen LogP contribution < -0.4 is 4.74 Å². The van der Waals surface area contributed by atoms with E-state index in [1.165, 1.54) is 26.2 Å². The lowest BCUT2D eigenvalue weighted by Crippen LogP contribution is -2.57. The van der Waals surface area contributed by atoms with Crippen molar-refractivity contribution < 1.29 is 23.1 Å². The van der Waals surface area contributed by atoms with Gasteiger partial charge >= 0.3 is 5.97 Å². The third-order valence-corrected chi connectivity index (χ3v) is 5.97. The van der Waals surface area contributed by atoms with Gasteiger partial charge in [0.05, 0.1) is 12.0 Å². The summed E-state index contributed by atoms with van der Waals surface area (Å²) in [5, 5.41) is 9.43. The van der Waals surface area contributed by atoms with Crippen LogP contribution in [-0.4, -0.2) is 43.0 Å². The molecule has 0 spiro atoms. The Kier molecular flexibility index (Phi) is 4.25. The highest BCUT2D eigenvalue weighted by Crippen LogP contribution is 2.33. The zero-order chi connectivity index (χ0) is 15.7. The monoisotopic (exact) mass is 313 g/mol. The Hall–Kier alpha value is -1.60. The topological polar surface area (TPSA) is 83.9 Å². The van der Waals surface area contributed by atoms with Gasteiger partial charge in [0.15, 0.2) is 0 Å². The molecule has 1 saturated heterocycles. The number of piperidine rings is 1. The van der Waals surface area contributed by atoms with Gasteiger partial charge in [0.2, 0.25) is 10.0 Å². The van der Waals surface area contributed by atoms with Crippen molar-refractivity contribution in [2.24, 2.45) is 0 Å². The first-order valence-electron chi connectivity index (χ1n) is 6.72. The van der Waals surface area contributed by atoms with E-state index >= 15 is 0 Å². The molecule has 0 amide bonds. The summed E-state index contributed by atoms with van der Waals surface area (Å²) in [4.78, 5) is 11.6. The van der Waals surface area contributed by atoms with E-state index in [1.54, 1.807) is 12.1 Å². The van der Waals surface area contributed by atoms with Gasteiger partial charge in [-0.3, -0.25) is 4.79 Å². The average molecular weight is 313 g/mol. The summed E-state index contributed by atoms with van der Waals surface area (Å²) in [5.41, 5.74) is -1.39. The van der Waals surface area contributed by atoms with Gasteiger partial charge in [-0.2, -0.15) is 4.31 Å². The maximum absolute atomic E-state index is 12.7. The van der Waals surface area contributed by atoms with Crippen LogP contribution in [0.4, 0.5) is 0 Å². The predicted molar refractivity (Wildman–Crippen MR) is 76.8 cm³/mol. The molecule has 0 bridgehead atoms. The highest BCUT2D eigenvalue weighted by Gasteiger charge is 2.47. The number of hydrogen-bond acceptors (Lipinski definition) is 4. The van der Waals surface area contributed by atoms with Crippen LogP contribution in [0.1, 0.15) is 26.2 Å². The van der Waals surface area contributed by atoms with E-state index in [1.807, 2.05) is 0 Å². The van der Waals surface area contributed by atoms with Gasteiger partial charge in [-0.15, -0.1) is 0 Å². The van der Waals surface area contributed by atoms with Crippen LogP contribution in [0, 0.1) is 0 Å². The molecular formula is C14H19NO5S. The SMILES string of the molecule is COc1ccc(S(=O)(=O)N2CCCCC2(C)C(=O)O)cc1. The third kappa shape index (κ3) is 2.75. The van der Waals surface area contributed by atoms with Crippen molar-refractivity contribution in [1.82, 2.24) is 4.31 Å². The van der Waals surface area contributed by atoms with E-state index < -0.39 is 21.5 Å². The fourth-order valence-electron chi connectivity index (χ4n) is 2.57. The van der Waals surface area contributed by atoms with E-state index in [0.717, 1.165) is 4.31 Å². The number of carboxylic acids is 1. The van der Waals surface area contributed by atoms with Crippen molar-refractivity contribution in [3.05, 3.63) is 24.3 Å². The largest absolute Gasteiger partial charge is 0.497 e. The van der Waals surface area contributed by atoms with Gasteiger partial charge < -0.3 is 9.84 Å². The fourth-order valence-corrected chi connectivity index (χ4v) is 4.37. The Morgan fingerprint density at radius 2 is 1.90 bits per heavy atom. The molecule has 6 nitrogen and oxygen atoms in total. The average Bonchev–Trinajstić information content (AvgIpc) is 2.47. The summed E-state index contributed by atoms with van der Waals surface area (Å²) in [7, 11) is -2.35. The quantitative estimate of drug-likeness (QED) is 0.915. The molecule has 21 heavy (non-hydrogen) atoms. The number of methoxy groups -OCH3 is 1. The van der Waals surface area contributed by atoms with E-state index in [-0.39, 0.29) is 11.4 Å².